The van der Waals surface area contributed by atoms with Crippen LogP contribution in [0.2, 0.25) is 0 Å². The van der Waals surface area contributed by atoms with Gasteiger partial charge in [0.15, 0.2) is 0 Å². The second kappa shape index (κ2) is 6.81. The molecule has 0 fully saturated rings. The first kappa shape index (κ1) is 18.7. The van der Waals surface area contributed by atoms with Gasteiger partial charge in [-0.1, -0.05) is 0 Å². The van der Waals surface area contributed by atoms with Crippen molar-refractivity contribution >= 4 is 27.6 Å². The molecule has 0 radical (unpaired) electrons. The lowest BCUT2D eigenvalue weighted by molar-refractivity contribution is -0.138. The number of hydrogen-bond donors (Lipinski definition) is 3. The number of sulfonamides is 1. The number of hydrogen-bond acceptors (Lipinski definition) is 4. The van der Waals surface area contributed by atoms with Crippen molar-refractivity contribution in [3.8, 4) is 0 Å². The van der Waals surface area contributed by atoms with Crippen molar-refractivity contribution in [2.75, 3.05) is 17.0 Å². The molecule has 0 aliphatic carbocycles. The van der Waals surface area contributed by atoms with E-state index >= 15 is 0 Å². The van der Waals surface area contributed by atoms with E-state index in [9.17, 15) is 35.6 Å². The quantitative estimate of drug-likeness (QED) is 0.651. The Morgan fingerprint density at radius 3 is 2.35 bits per heavy atom. The van der Waals surface area contributed by atoms with Crippen molar-refractivity contribution in [2.45, 2.75) is 6.18 Å². The number of anilines is 1. The monoisotopic (exact) mass is 358 g/mol. The SMILES string of the molecule is O=C(O)CNC(=O)CS(=O)(=O)Nc1ccc(F)cc1C(F)(F)F. The maximum atomic E-state index is 12.9. The molecule has 23 heavy (non-hydrogen) atoms. The molecule has 0 aliphatic rings. The minimum absolute atomic E-state index is 0.0996. The standard InChI is InChI=1S/C11H10F4N2O5S/c12-6-1-2-8(7(3-6)11(13,14)15)17-23(21,22)5-9(18)16-4-10(19)20/h1-3,17H,4-5H2,(H,16,18)(H,19,20). The molecule has 1 aromatic carbocycles. The summed E-state index contributed by atoms with van der Waals surface area (Å²) < 4.78 is 75.9. The third-order valence-corrected chi connectivity index (χ3v) is 3.48. The summed E-state index contributed by atoms with van der Waals surface area (Å²) >= 11 is 0. The number of carbonyl (C=O) groups excluding carboxylic acids is 1. The predicted molar refractivity (Wildman–Crippen MR) is 69.5 cm³/mol. The molecule has 0 aromatic heterocycles. The number of carbonyl (C=O) groups is 2. The van der Waals surface area contributed by atoms with E-state index in [1.54, 1.807) is 5.32 Å². The molecule has 1 amide bonds. The summed E-state index contributed by atoms with van der Waals surface area (Å²) in [5.41, 5.74) is -2.52. The highest BCUT2D eigenvalue weighted by molar-refractivity contribution is 7.93. The molecule has 1 aromatic rings. The minimum atomic E-state index is -5.02. The summed E-state index contributed by atoms with van der Waals surface area (Å²) in [7, 11) is -4.55. The third kappa shape index (κ3) is 6.10. The molecule has 0 spiro atoms. The highest BCUT2D eigenvalue weighted by Gasteiger charge is 2.35. The molecule has 0 unspecified atom stereocenters. The van der Waals surface area contributed by atoms with Crippen molar-refractivity contribution in [1.29, 1.82) is 0 Å². The summed E-state index contributed by atoms with van der Waals surface area (Å²) in [6.07, 6.45) is -5.02. The first-order chi connectivity index (χ1) is 10.4. The molecule has 128 valence electrons. The van der Waals surface area contributed by atoms with Crippen molar-refractivity contribution in [3.63, 3.8) is 0 Å². The molecule has 0 atom stereocenters. The van der Waals surface area contributed by atoms with E-state index in [0.29, 0.717) is 12.1 Å². The number of rotatable bonds is 6. The number of carboxylic acids is 1. The fourth-order valence-corrected chi connectivity index (χ4v) is 2.47. The Hall–Kier alpha value is -2.37. The van der Waals surface area contributed by atoms with Gasteiger partial charge in [0.05, 0.1) is 11.3 Å². The van der Waals surface area contributed by atoms with Crippen LogP contribution in [-0.2, 0) is 25.8 Å². The van der Waals surface area contributed by atoms with Gasteiger partial charge in [-0.3, -0.25) is 14.3 Å². The van der Waals surface area contributed by atoms with E-state index in [-0.39, 0.29) is 6.07 Å². The number of amides is 1. The van der Waals surface area contributed by atoms with Crippen LogP contribution in [0.1, 0.15) is 5.56 Å². The minimum Gasteiger partial charge on any atom is -0.480 e. The average molecular weight is 358 g/mol. The largest absolute Gasteiger partial charge is 0.480 e. The molecular formula is C11H10F4N2O5S. The zero-order valence-corrected chi connectivity index (χ0v) is 12.0. The number of nitrogens with one attached hydrogen (secondary N) is 2. The van der Waals surface area contributed by atoms with E-state index in [0.717, 1.165) is 0 Å². The first-order valence-corrected chi connectivity index (χ1v) is 7.41. The van der Waals surface area contributed by atoms with Gasteiger partial charge in [0.25, 0.3) is 0 Å². The summed E-state index contributed by atoms with van der Waals surface area (Å²) in [4.78, 5) is 21.4. The third-order valence-electron chi connectivity index (χ3n) is 2.31. The van der Waals surface area contributed by atoms with Gasteiger partial charge >= 0.3 is 12.1 Å². The van der Waals surface area contributed by atoms with Gasteiger partial charge in [-0.25, -0.2) is 12.8 Å². The number of alkyl halides is 3. The molecule has 0 heterocycles. The zero-order valence-electron chi connectivity index (χ0n) is 11.1. The van der Waals surface area contributed by atoms with Gasteiger partial charge in [0.1, 0.15) is 18.1 Å². The Labute approximate surface area is 127 Å². The Balaban J connectivity index is 2.94. The van der Waals surface area contributed by atoms with Gasteiger partial charge in [0, 0.05) is 0 Å². The fourth-order valence-electron chi connectivity index (χ4n) is 1.44. The molecule has 0 saturated heterocycles. The maximum Gasteiger partial charge on any atom is 0.418 e. The van der Waals surface area contributed by atoms with Crippen LogP contribution in [-0.4, -0.2) is 37.7 Å². The van der Waals surface area contributed by atoms with Gasteiger partial charge in [0.2, 0.25) is 15.9 Å². The topological polar surface area (TPSA) is 113 Å². The number of aliphatic carboxylic acids is 1. The van der Waals surface area contributed by atoms with Gasteiger partial charge in [-0.05, 0) is 18.2 Å². The van der Waals surface area contributed by atoms with Crippen molar-refractivity contribution < 1.29 is 40.7 Å². The van der Waals surface area contributed by atoms with Crippen molar-refractivity contribution in [3.05, 3.63) is 29.6 Å². The average Bonchev–Trinajstić information content (AvgIpc) is 2.36. The van der Waals surface area contributed by atoms with Crippen LogP contribution in [0.25, 0.3) is 0 Å². The molecule has 1 rings (SSSR count). The van der Waals surface area contributed by atoms with Crippen LogP contribution in [0.4, 0.5) is 23.2 Å². The Kier molecular flexibility index (Phi) is 5.53. The van der Waals surface area contributed by atoms with Crippen LogP contribution < -0.4 is 10.0 Å². The zero-order chi connectivity index (χ0) is 17.8. The number of halogens is 4. The number of benzene rings is 1. The normalized spacial score (nSPS) is 11.8. The molecular weight excluding hydrogens is 348 g/mol. The molecule has 12 heteroatoms. The van der Waals surface area contributed by atoms with Crippen LogP contribution in [0, 0.1) is 5.82 Å². The van der Waals surface area contributed by atoms with Gasteiger partial charge < -0.3 is 10.4 Å². The smallest absolute Gasteiger partial charge is 0.418 e. The van der Waals surface area contributed by atoms with Gasteiger partial charge in [-0.2, -0.15) is 13.2 Å². The lowest BCUT2D eigenvalue weighted by Crippen LogP contribution is -2.36. The summed E-state index contributed by atoms with van der Waals surface area (Å²) in [6.45, 7) is -0.849. The molecule has 0 saturated carbocycles. The van der Waals surface area contributed by atoms with E-state index in [1.165, 1.54) is 4.72 Å². The van der Waals surface area contributed by atoms with E-state index in [4.69, 9.17) is 5.11 Å². The Bertz CT molecular complexity index is 718. The van der Waals surface area contributed by atoms with Crippen LogP contribution in [0.5, 0.6) is 0 Å². The van der Waals surface area contributed by atoms with Crippen molar-refractivity contribution in [2.24, 2.45) is 0 Å². The highest BCUT2D eigenvalue weighted by Crippen LogP contribution is 2.35. The fraction of sp³-hybridized carbons (Fsp3) is 0.273. The summed E-state index contributed by atoms with van der Waals surface area (Å²) in [5, 5.41) is 10.0. The molecule has 3 N–H and O–H groups in total. The molecule has 0 bridgehead atoms. The first-order valence-electron chi connectivity index (χ1n) is 5.76. The molecule has 0 aliphatic heterocycles. The second-order valence-corrected chi connectivity index (χ2v) is 5.94. The Morgan fingerprint density at radius 2 is 1.83 bits per heavy atom. The Morgan fingerprint density at radius 1 is 1.22 bits per heavy atom. The van der Waals surface area contributed by atoms with Crippen molar-refractivity contribution in [1.82, 2.24) is 5.32 Å². The predicted octanol–water partition coefficient (Wildman–Crippen LogP) is 0.787. The van der Waals surface area contributed by atoms with E-state index < -0.39 is 57.4 Å². The van der Waals surface area contributed by atoms with E-state index in [1.807, 2.05) is 0 Å². The maximum absolute atomic E-state index is 12.9. The molecule has 7 nitrogen and oxygen atoms in total. The lowest BCUT2D eigenvalue weighted by Gasteiger charge is -2.14. The van der Waals surface area contributed by atoms with Gasteiger partial charge in [-0.15, -0.1) is 0 Å². The number of carboxylic acid groups (broad SMARTS) is 1. The van der Waals surface area contributed by atoms with E-state index in [2.05, 4.69) is 0 Å². The van der Waals surface area contributed by atoms with Crippen LogP contribution in [0.3, 0.4) is 0 Å². The second-order valence-electron chi connectivity index (χ2n) is 4.22. The summed E-state index contributed by atoms with van der Waals surface area (Å²) in [5.74, 6) is -5.17. The highest BCUT2D eigenvalue weighted by atomic mass is 32.2. The summed E-state index contributed by atoms with van der Waals surface area (Å²) in [6, 6.07) is 1.27. The van der Waals surface area contributed by atoms with Crippen LogP contribution >= 0.6 is 0 Å². The van der Waals surface area contributed by atoms with Crippen LogP contribution in [0.15, 0.2) is 18.2 Å². The lowest BCUT2D eigenvalue weighted by atomic mass is 10.2.